The third-order valence-corrected chi connectivity index (χ3v) is 2.74. The zero-order valence-electron chi connectivity index (χ0n) is 8.75. The molecule has 0 aromatic heterocycles. The van der Waals surface area contributed by atoms with Crippen molar-refractivity contribution in [3.63, 3.8) is 0 Å². The molecule has 1 aliphatic carbocycles. The maximum Gasteiger partial charge on any atom is 0.119 e. The minimum atomic E-state index is 0.282. The Morgan fingerprint density at radius 2 is 2.29 bits per heavy atom. The van der Waals surface area contributed by atoms with Gasteiger partial charge in [0.25, 0.3) is 0 Å². The van der Waals surface area contributed by atoms with E-state index in [4.69, 9.17) is 9.47 Å². The Kier molecular flexibility index (Phi) is 2.73. The molecule has 0 amide bonds. The number of aryl methyl sites for hydroxylation is 1. The van der Waals surface area contributed by atoms with Crippen LogP contribution < -0.4 is 4.74 Å². The van der Waals surface area contributed by atoms with Gasteiger partial charge in [-0.25, -0.2) is 0 Å². The van der Waals surface area contributed by atoms with E-state index in [9.17, 15) is 0 Å². The minimum Gasteiger partial charge on any atom is -0.497 e. The molecule has 1 aromatic rings. The summed E-state index contributed by atoms with van der Waals surface area (Å²) in [5.41, 5.74) is 2.72. The van der Waals surface area contributed by atoms with Gasteiger partial charge in [-0.1, -0.05) is 6.07 Å². The van der Waals surface area contributed by atoms with Crippen LogP contribution in [0, 0.1) is 0 Å². The Balaban J connectivity index is 2.27. The third kappa shape index (κ3) is 1.62. The topological polar surface area (TPSA) is 18.5 Å². The fourth-order valence-corrected chi connectivity index (χ4v) is 2.04. The van der Waals surface area contributed by atoms with Crippen molar-refractivity contribution in [1.29, 1.82) is 0 Å². The van der Waals surface area contributed by atoms with Crippen molar-refractivity contribution < 1.29 is 9.47 Å². The molecule has 0 spiro atoms. The Morgan fingerprint density at radius 3 is 3.00 bits per heavy atom. The minimum absolute atomic E-state index is 0.282. The molecular weight excluding hydrogens is 176 g/mol. The number of benzene rings is 1. The molecule has 0 saturated heterocycles. The summed E-state index contributed by atoms with van der Waals surface area (Å²) in [5, 5.41) is 0. The lowest BCUT2D eigenvalue weighted by molar-refractivity contribution is 0.0639. The van der Waals surface area contributed by atoms with Crippen molar-refractivity contribution in [3.05, 3.63) is 29.3 Å². The van der Waals surface area contributed by atoms with Crippen LogP contribution in [0.25, 0.3) is 0 Å². The highest BCUT2D eigenvalue weighted by Gasteiger charge is 2.22. The second-order valence-corrected chi connectivity index (χ2v) is 3.55. The fraction of sp³-hybridized carbons (Fsp3) is 0.500. The normalized spacial score (nSPS) is 19.4. The van der Waals surface area contributed by atoms with E-state index >= 15 is 0 Å². The summed E-state index contributed by atoms with van der Waals surface area (Å²) in [7, 11) is 1.70. The largest absolute Gasteiger partial charge is 0.497 e. The summed E-state index contributed by atoms with van der Waals surface area (Å²) in [6.07, 6.45) is 2.52. The van der Waals surface area contributed by atoms with Gasteiger partial charge in [0.05, 0.1) is 13.2 Å². The van der Waals surface area contributed by atoms with Crippen molar-refractivity contribution >= 4 is 0 Å². The Hall–Kier alpha value is -1.02. The van der Waals surface area contributed by atoms with Crippen LogP contribution >= 0.6 is 0 Å². The highest BCUT2D eigenvalue weighted by atomic mass is 16.5. The smallest absolute Gasteiger partial charge is 0.119 e. The molecule has 0 N–H and O–H groups in total. The summed E-state index contributed by atoms with van der Waals surface area (Å²) < 4.78 is 10.9. The molecule has 0 aliphatic heterocycles. The van der Waals surface area contributed by atoms with Gasteiger partial charge in [0.1, 0.15) is 5.75 Å². The molecule has 1 atom stereocenters. The van der Waals surface area contributed by atoms with Crippen molar-refractivity contribution in [3.8, 4) is 5.75 Å². The highest BCUT2D eigenvalue weighted by molar-refractivity contribution is 5.40. The van der Waals surface area contributed by atoms with E-state index in [1.165, 1.54) is 11.1 Å². The van der Waals surface area contributed by atoms with Crippen LogP contribution in [0.4, 0.5) is 0 Å². The lowest BCUT2D eigenvalue weighted by Crippen LogP contribution is -1.99. The summed E-state index contributed by atoms with van der Waals surface area (Å²) in [4.78, 5) is 0. The van der Waals surface area contributed by atoms with E-state index in [1.54, 1.807) is 7.11 Å². The van der Waals surface area contributed by atoms with Crippen LogP contribution in [-0.2, 0) is 11.2 Å². The van der Waals surface area contributed by atoms with Gasteiger partial charge >= 0.3 is 0 Å². The van der Waals surface area contributed by atoms with Crippen molar-refractivity contribution in [2.45, 2.75) is 25.9 Å². The molecule has 2 nitrogen and oxygen atoms in total. The zero-order chi connectivity index (χ0) is 9.97. The molecule has 0 fully saturated rings. The first-order chi connectivity index (χ1) is 6.85. The lowest BCUT2D eigenvalue weighted by atomic mass is 10.1. The van der Waals surface area contributed by atoms with Gasteiger partial charge in [-0.2, -0.15) is 0 Å². The first-order valence-electron chi connectivity index (χ1n) is 5.13. The first kappa shape index (κ1) is 9.53. The predicted molar refractivity (Wildman–Crippen MR) is 55.7 cm³/mol. The average Bonchev–Trinajstić information content (AvgIpc) is 2.61. The quantitative estimate of drug-likeness (QED) is 0.733. The van der Waals surface area contributed by atoms with E-state index < -0.39 is 0 Å². The predicted octanol–water partition coefficient (Wildman–Crippen LogP) is 2.72. The van der Waals surface area contributed by atoms with Crippen LogP contribution in [0.5, 0.6) is 5.75 Å². The number of fused-ring (bicyclic) bond motifs is 1. The average molecular weight is 192 g/mol. The SMILES string of the molecule is CCOC1CCc2ccc(OC)cc21. The van der Waals surface area contributed by atoms with Crippen LogP contribution in [0.15, 0.2) is 18.2 Å². The van der Waals surface area contributed by atoms with E-state index in [0.717, 1.165) is 25.2 Å². The maximum absolute atomic E-state index is 5.67. The first-order valence-corrected chi connectivity index (χ1v) is 5.13. The number of ether oxygens (including phenoxy) is 2. The number of hydrogen-bond donors (Lipinski definition) is 0. The summed E-state index contributed by atoms with van der Waals surface area (Å²) in [6, 6.07) is 6.27. The second kappa shape index (κ2) is 4.01. The Labute approximate surface area is 84.8 Å². The summed E-state index contributed by atoms with van der Waals surface area (Å²) in [6.45, 7) is 2.82. The molecular formula is C12H16O2. The molecule has 76 valence electrons. The summed E-state index contributed by atoms with van der Waals surface area (Å²) >= 11 is 0. The molecule has 2 rings (SSSR count). The standard InChI is InChI=1S/C12H16O2/c1-3-14-12-7-5-9-4-6-10(13-2)8-11(9)12/h4,6,8,12H,3,5,7H2,1-2H3. The Morgan fingerprint density at radius 1 is 1.43 bits per heavy atom. The van der Waals surface area contributed by atoms with Gasteiger partial charge in [-0.15, -0.1) is 0 Å². The second-order valence-electron chi connectivity index (χ2n) is 3.55. The van der Waals surface area contributed by atoms with E-state index in [1.807, 2.05) is 13.0 Å². The highest BCUT2D eigenvalue weighted by Crippen LogP contribution is 2.35. The Bertz CT molecular complexity index is 318. The van der Waals surface area contributed by atoms with E-state index in [2.05, 4.69) is 12.1 Å². The lowest BCUT2D eigenvalue weighted by Gasteiger charge is -2.12. The van der Waals surface area contributed by atoms with Crippen LogP contribution in [0.2, 0.25) is 0 Å². The van der Waals surface area contributed by atoms with E-state index in [-0.39, 0.29) is 6.10 Å². The van der Waals surface area contributed by atoms with Crippen LogP contribution in [0.1, 0.15) is 30.6 Å². The molecule has 1 aromatic carbocycles. The van der Waals surface area contributed by atoms with Gasteiger partial charge in [0, 0.05) is 6.61 Å². The number of hydrogen-bond acceptors (Lipinski definition) is 2. The van der Waals surface area contributed by atoms with Crippen molar-refractivity contribution in [1.82, 2.24) is 0 Å². The van der Waals surface area contributed by atoms with Gasteiger partial charge in [0.2, 0.25) is 0 Å². The van der Waals surface area contributed by atoms with Crippen LogP contribution in [0.3, 0.4) is 0 Å². The third-order valence-electron chi connectivity index (χ3n) is 2.74. The van der Waals surface area contributed by atoms with E-state index in [0.29, 0.717) is 0 Å². The zero-order valence-corrected chi connectivity index (χ0v) is 8.75. The molecule has 0 radical (unpaired) electrons. The summed E-state index contributed by atoms with van der Waals surface area (Å²) in [5.74, 6) is 0.926. The molecule has 0 bridgehead atoms. The number of methoxy groups -OCH3 is 1. The van der Waals surface area contributed by atoms with Gasteiger partial charge < -0.3 is 9.47 Å². The molecule has 1 aliphatic rings. The molecule has 14 heavy (non-hydrogen) atoms. The van der Waals surface area contributed by atoms with Crippen molar-refractivity contribution in [2.75, 3.05) is 13.7 Å². The molecule has 2 heteroatoms. The van der Waals surface area contributed by atoms with Crippen LogP contribution in [-0.4, -0.2) is 13.7 Å². The monoisotopic (exact) mass is 192 g/mol. The molecule has 0 saturated carbocycles. The number of rotatable bonds is 3. The fourth-order valence-electron chi connectivity index (χ4n) is 2.04. The van der Waals surface area contributed by atoms with Gasteiger partial charge in [0.15, 0.2) is 0 Å². The van der Waals surface area contributed by atoms with Gasteiger partial charge in [-0.05, 0) is 43.0 Å². The molecule has 1 unspecified atom stereocenters. The molecule has 0 heterocycles. The van der Waals surface area contributed by atoms with Crippen molar-refractivity contribution in [2.24, 2.45) is 0 Å². The maximum atomic E-state index is 5.67. The van der Waals surface area contributed by atoms with Gasteiger partial charge in [-0.3, -0.25) is 0 Å².